The zero-order chi connectivity index (χ0) is 17.1. The largest absolute Gasteiger partial charge is 0.497 e. The molecule has 6 heteroatoms. The molecule has 0 amide bonds. The van der Waals surface area contributed by atoms with Crippen LogP contribution in [-0.2, 0) is 4.84 Å². The van der Waals surface area contributed by atoms with Gasteiger partial charge in [0.2, 0.25) is 0 Å². The number of hydrogen-bond acceptors (Lipinski definition) is 5. The van der Waals surface area contributed by atoms with Gasteiger partial charge < -0.3 is 14.3 Å². The van der Waals surface area contributed by atoms with Gasteiger partial charge in [0.1, 0.15) is 17.6 Å². The predicted octanol–water partition coefficient (Wildman–Crippen LogP) is 4.19. The van der Waals surface area contributed by atoms with Crippen molar-refractivity contribution in [3.63, 3.8) is 0 Å². The fraction of sp³-hybridized carbons (Fsp3) is 0.222. The normalized spacial score (nSPS) is 17.8. The maximum absolute atomic E-state index is 12.1. The summed E-state index contributed by atoms with van der Waals surface area (Å²) in [7, 11) is 1.60. The van der Waals surface area contributed by atoms with Crippen LogP contribution in [0.15, 0.2) is 52.1 Å². The lowest BCUT2D eigenvalue weighted by atomic mass is 10.0. The number of carbonyl (C=O) groups excluding carboxylic acids is 1. The van der Waals surface area contributed by atoms with Gasteiger partial charge in [-0.05, 0) is 43.3 Å². The van der Waals surface area contributed by atoms with E-state index in [4.69, 9.17) is 14.3 Å². The van der Waals surface area contributed by atoms with E-state index in [0.717, 1.165) is 10.0 Å². The quantitative estimate of drug-likeness (QED) is 0.583. The van der Waals surface area contributed by atoms with E-state index in [0.29, 0.717) is 29.2 Å². The minimum Gasteiger partial charge on any atom is -0.497 e. The summed E-state index contributed by atoms with van der Waals surface area (Å²) in [6, 6.07) is 12.4. The number of methoxy groups -OCH3 is 1. The van der Waals surface area contributed by atoms with E-state index in [9.17, 15) is 4.79 Å². The highest BCUT2D eigenvalue weighted by atomic mass is 79.9. The first kappa shape index (κ1) is 16.5. The van der Waals surface area contributed by atoms with Gasteiger partial charge in [-0.25, -0.2) is 4.79 Å². The maximum atomic E-state index is 12.1. The SMILES string of the molecule is COc1ccc2c(c1)OC(C)C/C2=N/OC(=O)c1ccc(Br)cc1. The highest BCUT2D eigenvalue weighted by Crippen LogP contribution is 2.31. The Balaban J connectivity index is 1.83. The highest BCUT2D eigenvalue weighted by Gasteiger charge is 2.23. The third-order valence-corrected chi connectivity index (χ3v) is 4.16. The standard InChI is InChI=1S/C18H16BrNO4/c1-11-9-16(15-8-7-14(22-2)10-17(15)23-11)20-24-18(21)12-3-5-13(19)6-4-12/h3-8,10-11H,9H2,1-2H3/b20-16-. The summed E-state index contributed by atoms with van der Waals surface area (Å²) >= 11 is 3.33. The summed E-state index contributed by atoms with van der Waals surface area (Å²) in [5.41, 5.74) is 1.92. The molecule has 0 fully saturated rings. The van der Waals surface area contributed by atoms with Crippen molar-refractivity contribution in [1.29, 1.82) is 0 Å². The van der Waals surface area contributed by atoms with Crippen molar-refractivity contribution in [2.24, 2.45) is 5.16 Å². The number of fused-ring (bicyclic) bond motifs is 1. The van der Waals surface area contributed by atoms with Gasteiger partial charge in [-0.1, -0.05) is 21.1 Å². The van der Waals surface area contributed by atoms with E-state index in [1.54, 1.807) is 37.4 Å². The number of halogens is 1. The Bertz CT molecular complexity index is 786. The summed E-state index contributed by atoms with van der Waals surface area (Å²) in [6.45, 7) is 1.94. The van der Waals surface area contributed by atoms with Crippen LogP contribution >= 0.6 is 15.9 Å². The molecule has 124 valence electrons. The molecule has 0 radical (unpaired) electrons. The number of oxime groups is 1. The Morgan fingerprint density at radius 2 is 2.00 bits per heavy atom. The van der Waals surface area contributed by atoms with Crippen LogP contribution < -0.4 is 9.47 Å². The van der Waals surface area contributed by atoms with Gasteiger partial charge >= 0.3 is 5.97 Å². The van der Waals surface area contributed by atoms with E-state index in [1.165, 1.54) is 0 Å². The lowest BCUT2D eigenvalue weighted by Gasteiger charge is -2.24. The monoisotopic (exact) mass is 389 g/mol. The average Bonchev–Trinajstić information content (AvgIpc) is 2.59. The Morgan fingerprint density at radius 1 is 1.25 bits per heavy atom. The molecule has 24 heavy (non-hydrogen) atoms. The number of rotatable bonds is 3. The molecule has 0 saturated heterocycles. The molecular formula is C18H16BrNO4. The fourth-order valence-electron chi connectivity index (χ4n) is 2.43. The molecule has 3 rings (SSSR count). The molecule has 0 bridgehead atoms. The first-order valence-electron chi connectivity index (χ1n) is 7.45. The topological polar surface area (TPSA) is 57.1 Å². The maximum Gasteiger partial charge on any atom is 0.365 e. The van der Waals surface area contributed by atoms with Gasteiger partial charge in [0.05, 0.1) is 18.4 Å². The summed E-state index contributed by atoms with van der Waals surface area (Å²) in [4.78, 5) is 17.2. The van der Waals surface area contributed by atoms with Crippen LogP contribution in [0.4, 0.5) is 0 Å². The lowest BCUT2D eigenvalue weighted by Crippen LogP contribution is -2.25. The van der Waals surface area contributed by atoms with Crippen molar-refractivity contribution in [3.05, 3.63) is 58.1 Å². The van der Waals surface area contributed by atoms with Crippen molar-refractivity contribution in [2.75, 3.05) is 7.11 Å². The van der Waals surface area contributed by atoms with Gasteiger partial charge in [0, 0.05) is 22.5 Å². The predicted molar refractivity (Wildman–Crippen MR) is 93.8 cm³/mol. The zero-order valence-corrected chi connectivity index (χ0v) is 14.9. The van der Waals surface area contributed by atoms with Gasteiger partial charge in [-0.2, -0.15) is 0 Å². The third-order valence-electron chi connectivity index (χ3n) is 3.63. The van der Waals surface area contributed by atoms with Crippen molar-refractivity contribution in [3.8, 4) is 11.5 Å². The van der Waals surface area contributed by atoms with E-state index < -0.39 is 5.97 Å². The minimum absolute atomic E-state index is 0.0604. The summed E-state index contributed by atoms with van der Waals surface area (Å²) in [5.74, 6) is 0.879. The second-order valence-corrected chi connectivity index (χ2v) is 6.33. The molecule has 0 N–H and O–H groups in total. The molecule has 0 aliphatic carbocycles. The van der Waals surface area contributed by atoms with Crippen LogP contribution in [-0.4, -0.2) is 24.9 Å². The van der Waals surface area contributed by atoms with E-state index >= 15 is 0 Å². The summed E-state index contributed by atoms with van der Waals surface area (Å²) < 4.78 is 11.9. The van der Waals surface area contributed by atoms with Gasteiger partial charge in [0.25, 0.3) is 0 Å². The second-order valence-electron chi connectivity index (χ2n) is 5.42. The van der Waals surface area contributed by atoms with Gasteiger partial charge in [0.15, 0.2) is 0 Å². The smallest absolute Gasteiger partial charge is 0.365 e. The van der Waals surface area contributed by atoms with Crippen LogP contribution in [0.25, 0.3) is 0 Å². The number of benzene rings is 2. The molecule has 1 aliphatic rings. The lowest BCUT2D eigenvalue weighted by molar-refractivity contribution is 0.0513. The Labute approximate surface area is 148 Å². The fourth-order valence-corrected chi connectivity index (χ4v) is 2.69. The van der Waals surface area contributed by atoms with Gasteiger partial charge in [-0.3, -0.25) is 0 Å². The molecule has 1 atom stereocenters. The van der Waals surface area contributed by atoms with Crippen molar-refractivity contribution < 1.29 is 19.1 Å². The molecular weight excluding hydrogens is 374 g/mol. The molecule has 1 unspecified atom stereocenters. The number of hydrogen-bond donors (Lipinski definition) is 0. The molecule has 0 spiro atoms. The first-order chi connectivity index (χ1) is 11.6. The number of ether oxygens (including phenoxy) is 2. The van der Waals surface area contributed by atoms with E-state index in [-0.39, 0.29) is 6.10 Å². The average molecular weight is 390 g/mol. The molecule has 2 aromatic carbocycles. The Hall–Kier alpha value is -2.34. The third kappa shape index (κ3) is 3.59. The van der Waals surface area contributed by atoms with Crippen LogP contribution in [0.2, 0.25) is 0 Å². The van der Waals surface area contributed by atoms with Gasteiger partial charge in [-0.15, -0.1) is 0 Å². The van der Waals surface area contributed by atoms with E-state index in [2.05, 4.69) is 21.1 Å². The molecule has 1 heterocycles. The second kappa shape index (κ2) is 7.05. The molecule has 0 aromatic heterocycles. The van der Waals surface area contributed by atoms with E-state index in [1.807, 2.05) is 19.1 Å². The summed E-state index contributed by atoms with van der Waals surface area (Å²) in [6.07, 6.45) is 0.502. The van der Waals surface area contributed by atoms with Crippen LogP contribution in [0.5, 0.6) is 11.5 Å². The first-order valence-corrected chi connectivity index (χ1v) is 8.25. The molecule has 2 aromatic rings. The van der Waals surface area contributed by atoms with Crippen LogP contribution in [0.3, 0.4) is 0 Å². The summed E-state index contributed by atoms with van der Waals surface area (Å²) in [5, 5.41) is 4.06. The molecule has 0 saturated carbocycles. The Morgan fingerprint density at radius 3 is 2.71 bits per heavy atom. The highest BCUT2D eigenvalue weighted by molar-refractivity contribution is 9.10. The zero-order valence-electron chi connectivity index (χ0n) is 13.3. The number of nitrogens with zero attached hydrogens (tertiary/aromatic N) is 1. The molecule has 5 nitrogen and oxygen atoms in total. The van der Waals surface area contributed by atoms with Crippen LogP contribution in [0.1, 0.15) is 29.3 Å². The van der Waals surface area contributed by atoms with Crippen LogP contribution in [0, 0.1) is 0 Å². The molecule has 1 aliphatic heterocycles. The van der Waals surface area contributed by atoms with Crippen molar-refractivity contribution in [2.45, 2.75) is 19.4 Å². The minimum atomic E-state index is -0.496. The van der Waals surface area contributed by atoms with Crippen molar-refractivity contribution >= 4 is 27.6 Å². The Kier molecular flexibility index (Phi) is 4.85. The van der Waals surface area contributed by atoms with Crippen molar-refractivity contribution in [1.82, 2.24) is 0 Å². The number of carbonyl (C=O) groups is 1.